The fourth-order valence-electron chi connectivity index (χ4n) is 3.84. The maximum atomic E-state index is 3.38. The number of hydrogen-bond donors (Lipinski definition) is 1. The predicted molar refractivity (Wildman–Crippen MR) is 69.7 cm³/mol. The highest BCUT2D eigenvalue weighted by atomic mass is 15.2. The highest BCUT2D eigenvalue weighted by Crippen LogP contribution is 2.35. The standard InChI is InChI=1S/C14H28N2/c1-3-12-7-6-9-14(12)16-10-5-4-8-13(16)11-15-2/h12-15H,3-11H2,1-2H3. The molecule has 0 aromatic rings. The highest BCUT2D eigenvalue weighted by Gasteiger charge is 2.35. The van der Waals surface area contributed by atoms with Crippen LogP contribution in [0.1, 0.15) is 51.9 Å². The summed E-state index contributed by atoms with van der Waals surface area (Å²) in [5, 5.41) is 3.38. The first-order valence-electron chi connectivity index (χ1n) is 7.27. The Morgan fingerprint density at radius 3 is 2.75 bits per heavy atom. The molecular formula is C14H28N2. The van der Waals surface area contributed by atoms with Crippen molar-refractivity contribution in [2.75, 3.05) is 20.1 Å². The van der Waals surface area contributed by atoms with Crippen LogP contribution >= 0.6 is 0 Å². The van der Waals surface area contributed by atoms with Gasteiger partial charge in [-0.1, -0.05) is 26.2 Å². The van der Waals surface area contributed by atoms with E-state index >= 15 is 0 Å². The Bertz CT molecular complexity index is 203. The average Bonchev–Trinajstić information content (AvgIpc) is 2.78. The average molecular weight is 224 g/mol. The fraction of sp³-hybridized carbons (Fsp3) is 1.00. The van der Waals surface area contributed by atoms with Gasteiger partial charge in [-0.05, 0) is 45.2 Å². The number of likely N-dealkylation sites (tertiary alicyclic amines) is 1. The zero-order valence-corrected chi connectivity index (χ0v) is 11.0. The van der Waals surface area contributed by atoms with Crippen LogP contribution in [0.5, 0.6) is 0 Å². The van der Waals surface area contributed by atoms with Crippen LogP contribution in [-0.4, -0.2) is 37.1 Å². The summed E-state index contributed by atoms with van der Waals surface area (Å²) in [6, 6.07) is 1.72. The predicted octanol–water partition coefficient (Wildman–Crippen LogP) is 2.64. The second-order valence-corrected chi connectivity index (χ2v) is 5.61. The van der Waals surface area contributed by atoms with Crippen molar-refractivity contribution in [2.45, 2.75) is 64.0 Å². The molecule has 2 rings (SSSR count). The van der Waals surface area contributed by atoms with Crippen LogP contribution in [0.25, 0.3) is 0 Å². The van der Waals surface area contributed by atoms with Gasteiger partial charge in [0.25, 0.3) is 0 Å². The summed E-state index contributed by atoms with van der Waals surface area (Å²) in [6.45, 7) is 4.92. The van der Waals surface area contributed by atoms with Crippen molar-refractivity contribution < 1.29 is 0 Å². The molecule has 0 aromatic carbocycles. The molecule has 2 aliphatic rings. The van der Waals surface area contributed by atoms with Crippen LogP contribution < -0.4 is 5.32 Å². The van der Waals surface area contributed by atoms with Crippen LogP contribution in [0.2, 0.25) is 0 Å². The molecule has 16 heavy (non-hydrogen) atoms. The van der Waals surface area contributed by atoms with E-state index in [4.69, 9.17) is 0 Å². The molecule has 2 nitrogen and oxygen atoms in total. The Kier molecular flexibility index (Phi) is 4.66. The van der Waals surface area contributed by atoms with Gasteiger partial charge in [-0.3, -0.25) is 4.90 Å². The van der Waals surface area contributed by atoms with E-state index < -0.39 is 0 Å². The molecule has 1 aliphatic carbocycles. The lowest BCUT2D eigenvalue weighted by molar-refractivity contribution is 0.0725. The molecular weight excluding hydrogens is 196 g/mol. The van der Waals surface area contributed by atoms with Crippen LogP contribution in [0.4, 0.5) is 0 Å². The summed E-state index contributed by atoms with van der Waals surface area (Å²) in [5.74, 6) is 0.984. The zero-order chi connectivity index (χ0) is 11.4. The minimum atomic E-state index is 0.816. The Morgan fingerprint density at radius 1 is 1.12 bits per heavy atom. The summed E-state index contributed by atoms with van der Waals surface area (Å²) in [5.41, 5.74) is 0. The van der Waals surface area contributed by atoms with E-state index in [1.54, 1.807) is 0 Å². The van der Waals surface area contributed by atoms with Gasteiger partial charge in [0.2, 0.25) is 0 Å². The first-order chi connectivity index (χ1) is 7.86. The summed E-state index contributed by atoms with van der Waals surface area (Å²) in [6.07, 6.45) is 10.1. The summed E-state index contributed by atoms with van der Waals surface area (Å²) in [7, 11) is 2.10. The zero-order valence-electron chi connectivity index (χ0n) is 11.0. The molecule has 0 radical (unpaired) electrons. The van der Waals surface area contributed by atoms with Crippen LogP contribution in [0.3, 0.4) is 0 Å². The molecule has 3 atom stereocenters. The van der Waals surface area contributed by atoms with E-state index in [0.717, 1.165) is 18.0 Å². The molecule has 94 valence electrons. The van der Waals surface area contributed by atoms with Crippen molar-refractivity contribution in [3.63, 3.8) is 0 Å². The first kappa shape index (κ1) is 12.4. The third-order valence-electron chi connectivity index (χ3n) is 4.68. The monoisotopic (exact) mass is 224 g/mol. The lowest BCUT2D eigenvalue weighted by Crippen LogP contribution is -2.51. The maximum Gasteiger partial charge on any atom is 0.0223 e. The van der Waals surface area contributed by atoms with Crippen molar-refractivity contribution in [1.82, 2.24) is 10.2 Å². The van der Waals surface area contributed by atoms with Gasteiger partial charge in [0, 0.05) is 18.6 Å². The van der Waals surface area contributed by atoms with Crippen molar-refractivity contribution >= 4 is 0 Å². The largest absolute Gasteiger partial charge is 0.318 e. The number of likely N-dealkylation sites (N-methyl/N-ethyl adjacent to an activating group) is 1. The summed E-state index contributed by atoms with van der Waals surface area (Å²) < 4.78 is 0. The maximum absolute atomic E-state index is 3.38. The smallest absolute Gasteiger partial charge is 0.0223 e. The van der Waals surface area contributed by atoms with Crippen molar-refractivity contribution in [1.29, 1.82) is 0 Å². The summed E-state index contributed by atoms with van der Waals surface area (Å²) >= 11 is 0. The second-order valence-electron chi connectivity index (χ2n) is 5.61. The molecule has 0 aromatic heterocycles. The molecule has 0 amide bonds. The Hall–Kier alpha value is -0.0800. The third kappa shape index (κ3) is 2.60. The van der Waals surface area contributed by atoms with E-state index in [-0.39, 0.29) is 0 Å². The van der Waals surface area contributed by atoms with Crippen LogP contribution in [0, 0.1) is 5.92 Å². The van der Waals surface area contributed by atoms with Crippen molar-refractivity contribution in [2.24, 2.45) is 5.92 Å². The van der Waals surface area contributed by atoms with Gasteiger partial charge < -0.3 is 5.32 Å². The molecule has 3 unspecified atom stereocenters. The van der Waals surface area contributed by atoms with Crippen LogP contribution in [-0.2, 0) is 0 Å². The van der Waals surface area contributed by atoms with E-state index in [0.29, 0.717) is 0 Å². The Morgan fingerprint density at radius 2 is 2.00 bits per heavy atom. The molecule has 1 heterocycles. The minimum absolute atomic E-state index is 0.816. The molecule has 2 heteroatoms. The Balaban J connectivity index is 1.98. The van der Waals surface area contributed by atoms with E-state index in [1.807, 2.05) is 0 Å². The lowest BCUT2D eigenvalue weighted by Gasteiger charge is -2.42. The van der Waals surface area contributed by atoms with Gasteiger partial charge in [0.15, 0.2) is 0 Å². The van der Waals surface area contributed by atoms with Gasteiger partial charge in [0.1, 0.15) is 0 Å². The highest BCUT2D eigenvalue weighted by molar-refractivity contribution is 4.90. The SMILES string of the molecule is CCC1CCCC1N1CCCCC1CNC. The second kappa shape index (κ2) is 6.02. The molecule has 0 spiro atoms. The fourth-order valence-corrected chi connectivity index (χ4v) is 3.84. The van der Waals surface area contributed by atoms with Crippen molar-refractivity contribution in [3.05, 3.63) is 0 Å². The number of nitrogens with zero attached hydrogens (tertiary/aromatic N) is 1. The third-order valence-corrected chi connectivity index (χ3v) is 4.68. The van der Waals surface area contributed by atoms with Gasteiger partial charge in [0.05, 0.1) is 0 Å². The number of piperidine rings is 1. The van der Waals surface area contributed by atoms with Crippen LogP contribution in [0.15, 0.2) is 0 Å². The van der Waals surface area contributed by atoms with Gasteiger partial charge in [-0.2, -0.15) is 0 Å². The number of nitrogens with one attached hydrogen (secondary N) is 1. The quantitative estimate of drug-likeness (QED) is 0.790. The number of rotatable bonds is 4. The first-order valence-corrected chi connectivity index (χ1v) is 7.27. The van der Waals surface area contributed by atoms with Gasteiger partial charge in [-0.25, -0.2) is 0 Å². The van der Waals surface area contributed by atoms with Gasteiger partial charge >= 0.3 is 0 Å². The Labute approximate surface area is 101 Å². The molecule has 1 aliphatic heterocycles. The topological polar surface area (TPSA) is 15.3 Å². The molecule has 0 bridgehead atoms. The molecule has 1 saturated heterocycles. The van der Waals surface area contributed by atoms with Gasteiger partial charge in [-0.15, -0.1) is 0 Å². The minimum Gasteiger partial charge on any atom is -0.318 e. The molecule has 1 saturated carbocycles. The normalized spacial score (nSPS) is 36.8. The van der Waals surface area contributed by atoms with E-state index in [1.165, 1.54) is 58.0 Å². The van der Waals surface area contributed by atoms with Crippen molar-refractivity contribution in [3.8, 4) is 0 Å². The number of hydrogen-bond acceptors (Lipinski definition) is 2. The van der Waals surface area contributed by atoms with E-state index in [9.17, 15) is 0 Å². The molecule has 1 N–H and O–H groups in total. The molecule has 2 fully saturated rings. The lowest BCUT2D eigenvalue weighted by atomic mass is 9.93. The summed E-state index contributed by atoms with van der Waals surface area (Å²) in [4.78, 5) is 2.85. The van der Waals surface area contributed by atoms with E-state index in [2.05, 4.69) is 24.2 Å².